The minimum Gasteiger partial charge on any atom is -0.477 e. The number of halogens is 2. The molecule has 162 valence electrons. The summed E-state index contributed by atoms with van der Waals surface area (Å²) in [5.41, 5.74) is 1.09. The first-order valence-electron chi connectivity index (χ1n) is 10.2. The van der Waals surface area contributed by atoms with E-state index in [4.69, 9.17) is 5.11 Å². The van der Waals surface area contributed by atoms with E-state index in [0.717, 1.165) is 0 Å². The molecule has 0 spiro atoms. The zero-order valence-electron chi connectivity index (χ0n) is 17.0. The number of nitrogens with zero attached hydrogens (tertiary/aromatic N) is 3. The first-order chi connectivity index (χ1) is 14.9. The summed E-state index contributed by atoms with van der Waals surface area (Å²) in [6.45, 7) is 3.45. The maximum Gasteiger partial charge on any atom is 0.354 e. The number of aromatic carboxylic acids is 1. The van der Waals surface area contributed by atoms with Crippen LogP contribution in [-0.2, 0) is 13.0 Å². The normalized spacial score (nSPS) is 15.5. The number of piperidine rings is 1. The average Bonchev–Trinajstić information content (AvgIpc) is 2.76. The van der Waals surface area contributed by atoms with Gasteiger partial charge in [0.15, 0.2) is 11.5 Å². The van der Waals surface area contributed by atoms with Crippen molar-refractivity contribution in [2.24, 2.45) is 0 Å². The summed E-state index contributed by atoms with van der Waals surface area (Å²) in [7, 11) is 0. The van der Waals surface area contributed by atoms with Crippen LogP contribution in [0.3, 0.4) is 0 Å². The molecular weight excluding hydrogens is 406 g/mol. The minimum atomic E-state index is -1.26. The van der Waals surface area contributed by atoms with Gasteiger partial charge in [-0.3, -0.25) is 9.69 Å². The lowest BCUT2D eigenvalue weighted by atomic mass is 9.90. The standard InChI is InChI=1S/C22H22F2N4O3/c1-2-15-21(29)27-19-16(25-15)5-3-13(18(19)23)11-28-9-7-12(8-10-28)14-4-6-17(22(30)31)26-20(14)24/h3-6,12H,2,7-11H2,1H3,(H,27,29)(H,30,31). The number of H-pyrrole nitrogens is 1. The van der Waals surface area contributed by atoms with Crippen molar-refractivity contribution in [1.29, 1.82) is 0 Å². The summed E-state index contributed by atoms with van der Waals surface area (Å²) >= 11 is 0. The second-order valence-corrected chi connectivity index (χ2v) is 7.73. The third-order valence-electron chi connectivity index (χ3n) is 5.81. The smallest absolute Gasteiger partial charge is 0.354 e. The molecule has 1 aromatic carbocycles. The lowest BCUT2D eigenvalue weighted by molar-refractivity contribution is 0.0689. The maximum absolute atomic E-state index is 15.0. The number of pyridine rings is 1. The van der Waals surface area contributed by atoms with E-state index in [1.807, 2.05) is 6.92 Å². The van der Waals surface area contributed by atoms with Gasteiger partial charge in [-0.2, -0.15) is 4.39 Å². The van der Waals surface area contributed by atoms with Gasteiger partial charge in [0.05, 0.1) is 5.52 Å². The molecule has 0 amide bonds. The van der Waals surface area contributed by atoms with Gasteiger partial charge in [-0.1, -0.05) is 19.1 Å². The zero-order valence-corrected chi connectivity index (χ0v) is 17.0. The van der Waals surface area contributed by atoms with Crippen LogP contribution in [0.2, 0.25) is 0 Å². The van der Waals surface area contributed by atoms with Crippen molar-refractivity contribution < 1.29 is 18.7 Å². The Morgan fingerprint density at radius 1 is 1.19 bits per heavy atom. The van der Waals surface area contributed by atoms with E-state index in [2.05, 4.69) is 19.9 Å². The van der Waals surface area contributed by atoms with Crippen LogP contribution in [0.4, 0.5) is 8.78 Å². The van der Waals surface area contributed by atoms with Gasteiger partial charge >= 0.3 is 5.97 Å². The van der Waals surface area contributed by atoms with E-state index in [-0.39, 0.29) is 22.7 Å². The summed E-state index contributed by atoms with van der Waals surface area (Å²) < 4.78 is 29.2. The van der Waals surface area contributed by atoms with Crippen molar-refractivity contribution >= 4 is 17.0 Å². The Morgan fingerprint density at radius 3 is 2.58 bits per heavy atom. The molecule has 1 fully saturated rings. The molecule has 3 heterocycles. The molecule has 31 heavy (non-hydrogen) atoms. The second kappa shape index (κ2) is 8.50. The summed E-state index contributed by atoms with van der Waals surface area (Å²) in [6.07, 6.45) is 1.77. The molecule has 0 atom stereocenters. The van der Waals surface area contributed by atoms with Gasteiger partial charge in [0.2, 0.25) is 5.95 Å². The second-order valence-electron chi connectivity index (χ2n) is 7.73. The SMILES string of the molecule is CCc1nc2ccc(CN3CCC(c4ccc(C(=O)O)nc4F)CC3)c(F)c2[nH]c1=O. The predicted molar refractivity (Wildman–Crippen MR) is 110 cm³/mol. The lowest BCUT2D eigenvalue weighted by Gasteiger charge is -2.32. The number of carboxylic acid groups (broad SMARTS) is 1. The Morgan fingerprint density at radius 2 is 1.94 bits per heavy atom. The van der Waals surface area contributed by atoms with Crippen molar-refractivity contribution in [1.82, 2.24) is 19.9 Å². The quantitative estimate of drug-likeness (QED) is 0.606. The Bertz CT molecular complexity index is 1200. The number of aromatic amines is 1. The Hall–Kier alpha value is -3.20. The topological polar surface area (TPSA) is 99.2 Å². The van der Waals surface area contributed by atoms with Gasteiger partial charge in [-0.05, 0) is 50.4 Å². The van der Waals surface area contributed by atoms with Crippen molar-refractivity contribution in [2.75, 3.05) is 13.1 Å². The fourth-order valence-electron chi connectivity index (χ4n) is 4.08. The number of nitrogens with one attached hydrogen (secondary N) is 1. The molecule has 1 aliphatic heterocycles. The molecule has 2 N–H and O–H groups in total. The monoisotopic (exact) mass is 428 g/mol. The largest absolute Gasteiger partial charge is 0.477 e. The maximum atomic E-state index is 15.0. The number of rotatable bonds is 5. The molecule has 0 bridgehead atoms. The molecule has 7 nitrogen and oxygen atoms in total. The van der Waals surface area contributed by atoms with Gasteiger partial charge in [-0.25, -0.2) is 19.2 Å². The highest BCUT2D eigenvalue weighted by Crippen LogP contribution is 2.30. The van der Waals surface area contributed by atoms with Gasteiger partial charge in [0.1, 0.15) is 11.2 Å². The van der Waals surface area contributed by atoms with Gasteiger partial charge < -0.3 is 10.1 Å². The molecule has 4 rings (SSSR count). The molecule has 0 radical (unpaired) electrons. The first kappa shape index (κ1) is 21.0. The van der Waals surface area contributed by atoms with Crippen molar-refractivity contribution in [2.45, 2.75) is 38.6 Å². The number of benzene rings is 1. The summed E-state index contributed by atoms with van der Waals surface area (Å²) in [5.74, 6) is -2.56. The minimum absolute atomic E-state index is 0.0685. The number of aromatic nitrogens is 3. The lowest BCUT2D eigenvalue weighted by Crippen LogP contribution is -2.33. The number of likely N-dealkylation sites (tertiary alicyclic amines) is 1. The van der Waals surface area contributed by atoms with Gasteiger partial charge in [0, 0.05) is 17.7 Å². The number of hydrogen-bond donors (Lipinski definition) is 2. The van der Waals surface area contributed by atoms with Crippen LogP contribution in [-0.4, -0.2) is 44.0 Å². The van der Waals surface area contributed by atoms with Gasteiger partial charge in [-0.15, -0.1) is 0 Å². The van der Waals surface area contributed by atoms with Crippen LogP contribution >= 0.6 is 0 Å². The number of hydrogen-bond acceptors (Lipinski definition) is 5. The van der Waals surface area contributed by atoms with Crippen LogP contribution < -0.4 is 5.56 Å². The molecule has 0 aliphatic carbocycles. The van der Waals surface area contributed by atoms with Crippen molar-refractivity contribution in [3.05, 3.63) is 68.9 Å². The Kier molecular flexibility index (Phi) is 5.77. The van der Waals surface area contributed by atoms with Crippen molar-refractivity contribution in [3.8, 4) is 0 Å². The molecule has 0 unspecified atom stereocenters. The molecule has 0 saturated carbocycles. The van der Waals surface area contributed by atoms with E-state index in [1.165, 1.54) is 12.1 Å². The number of aryl methyl sites for hydroxylation is 1. The molecule has 9 heteroatoms. The molecule has 3 aromatic rings. The average molecular weight is 428 g/mol. The van der Waals surface area contributed by atoms with E-state index in [0.29, 0.717) is 61.2 Å². The van der Waals surface area contributed by atoms with Crippen LogP contribution in [0.15, 0.2) is 29.1 Å². The number of carboxylic acids is 1. The third kappa shape index (κ3) is 4.18. The predicted octanol–water partition coefficient (Wildman–Crippen LogP) is 3.24. The fourth-order valence-corrected chi connectivity index (χ4v) is 4.08. The van der Waals surface area contributed by atoms with Crippen LogP contribution in [0.25, 0.3) is 11.0 Å². The van der Waals surface area contributed by atoms with Crippen LogP contribution in [0, 0.1) is 11.8 Å². The van der Waals surface area contributed by atoms with E-state index in [1.54, 1.807) is 12.1 Å². The number of carbonyl (C=O) groups is 1. The van der Waals surface area contributed by atoms with E-state index >= 15 is 0 Å². The van der Waals surface area contributed by atoms with Gasteiger partial charge in [0.25, 0.3) is 5.56 Å². The molecule has 1 saturated heterocycles. The zero-order chi connectivity index (χ0) is 22.1. The van der Waals surface area contributed by atoms with E-state index < -0.39 is 17.7 Å². The highest BCUT2D eigenvalue weighted by Gasteiger charge is 2.25. The molecule has 1 aliphatic rings. The van der Waals surface area contributed by atoms with Crippen LogP contribution in [0.5, 0.6) is 0 Å². The Balaban J connectivity index is 1.47. The fraction of sp³-hybridized carbons (Fsp3) is 0.364. The molecule has 2 aromatic heterocycles. The summed E-state index contributed by atoms with van der Waals surface area (Å²) in [5, 5.41) is 8.93. The first-order valence-corrected chi connectivity index (χ1v) is 10.2. The highest BCUT2D eigenvalue weighted by molar-refractivity contribution is 5.85. The van der Waals surface area contributed by atoms with E-state index in [9.17, 15) is 18.4 Å². The summed E-state index contributed by atoms with van der Waals surface area (Å²) in [6, 6.07) is 6.20. The third-order valence-corrected chi connectivity index (χ3v) is 5.81. The summed E-state index contributed by atoms with van der Waals surface area (Å²) in [4.78, 5) is 35.4. The van der Waals surface area contributed by atoms with Crippen LogP contribution in [0.1, 0.15) is 53.0 Å². The Labute approximate surface area is 176 Å². The number of fused-ring (bicyclic) bond motifs is 1. The molecular formula is C22H22F2N4O3. The highest BCUT2D eigenvalue weighted by atomic mass is 19.1. The van der Waals surface area contributed by atoms with Crippen molar-refractivity contribution in [3.63, 3.8) is 0 Å².